The SMILES string of the molecule is CC(C)COCCn1c(C(C)Cl)nc2ccc(F)c(F)c21. The Morgan fingerprint density at radius 3 is 2.62 bits per heavy atom. The van der Waals surface area contributed by atoms with Crippen LogP contribution in [0.3, 0.4) is 0 Å². The quantitative estimate of drug-likeness (QED) is 0.587. The predicted molar refractivity (Wildman–Crippen MR) is 79.6 cm³/mol. The summed E-state index contributed by atoms with van der Waals surface area (Å²) in [5.74, 6) is -0.845. The van der Waals surface area contributed by atoms with E-state index in [1.807, 2.05) is 13.8 Å². The van der Waals surface area contributed by atoms with Gasteiger partial charge in [-0.1, -0.05) is 13.8 Å². The van der Waals surface area contributed by atoms with Crippen molar-refractivity contribution in [2.24, 2.45) is 5.92 Å². The molecule has 1 aromatic heterocycles. The number of hydrogen-bond donors (Lipinski definition) is 0. The maximum absolute atomic E-state index is 14.1. The van der Waals surface area contributed by atoms with Gasteiger partial charge in [0.25, 0.3) is 0 Å². The summed E-state index contributed by atoms with van der Waals surface area (Å²) in [6.45, 7) is 7.26. The number of halogens is 3. The standard InChI is InChI=1S/C15H19ClF2N2O/c1-9(2)8-21-7-6-20-14-12(19-15(20)10(3)16)5-4-11(17)13(14)18/h4-5,9-10H,6-8H2,1-3H3. The maximum Gasteiger partial charge on any atom is 0.184 e. The third-order valence-electron chi connectivity index (χ3n) is 3.10. The van der Waals surface area contributed by atoms with Crippen molar-refractivity contribution >= 4 is 22.6 Å². The molecule has 0 aliphatic rings. The second-order valence-corrected chi connectivity index (χ2v) is 6.09. The fraction of sp³-hybridized carbons (Fsp3) is 0.533. The minimum Gasteiger partial charge on any atom is -0.379 e. The average molecular weight is 317 g/mol. The summed E-state index contributed by atoms with van der Waals surface area (Å²) >= 11 is 6.09. The van der Waals surface area contributed by atoms with E-state index in [-0.39, 0.29) is 5.52 Å². The van der Waals surface area contributed by atoms with Crippen molar-refractivity contribution in [1.29, 1.82) is 0 Å². The molecule has 2 aromatic rings. The zero-order valence-electron chi connectivity index (χ0n) is 12.4. The van der Waals surface area contributed by atoms with Gasteiger partial charge >= 0.3 is 0 Å². The molecule has 0 spiro atoms. The highest BCUT2D eigenvalue weighted by Crippen LogP contribution is 2.27. The fourth-order valence-electron chi connectivity index (χ4n) is 2.18. The molecule has 6 heteroatoms. The Hall–Kier alpha value is -1.20. The largest absolute Gasteiger partial charge is 0.379 e. The third kappa shape index (κ3) is 3.52. The van der Waals surface area contributed by atoms with Crippen molar-refractivity contribution in [2.45, 2.75) is 32.7 Å². The van der Waals surface area contributed by atoms with Crippen molar-refractivity contribution in [3.63, 3.8) is 0 Å². The molecule has 0 saturated heterocycles. The highest BCUT2D eigenvalue weighted by atomic mass is 35.5. The molecule has 3 nitrogen and oxygen atoms in total. The number of imidazole rings is 1. The first-order chi connectivity index (χ1) is 9.91. The summed E-state index contributed by atoms with van der Waals surface area (Å²) in [6, 6.07) is 2.54. The Labute approximate surface area is 127 Å². The summed E-state index contributed by atoms with van der Waals surface area (Å²) in [6.07, 6.45) is 0. The van der Waals surface area contributed by atoms with E-state index < -0.39 is 17.0 Å². The van der Waals surface area contributed by atoms with Crippen LogP contribution < -0.4 is 0 Å². The highest BCUT2D eigenvalue weighted by molar-refractivity contribution is 6.20. The van der Waals surface area contributed by atoms with Gasteiger partial charge in [-0.15, -0.1) is 11.6 Å². The molecular weight excluding hydrogens is 298 g/mol. The van der Waals surface area contributed by atoms with E-state index in [9.17, 15) is 8.78 Å². The normalized spacial score (nSPS) is 13.3. The molecule has 1 atom stereocenters. The van der Waals surface area contributed by atoms with Gasteiger partial charge < -0.3 is 9.30 Å². The third-order valence-corrected chi connectivity index (χ3v) is 3.29. The molecule has 1 unspecified atom stereocenters. The van der Waals surface area contributed by atoms with Gasteiger partial charge in [0, 0.05) is 13.2 Å². The zero-order valence-corrected chi connectivity index (χ0v) is 13.1. The summed E-state index contributed by atoms with van der Waals surface area (Å²) in [7, 11) is 0. The van der Waals surface area contributed by atoms with Gasteiger partial charge in [-0.2, -0.15) is 0 Å². The monoisotopic (exact) mass is 316 g/mol. The minimum absolute atomic E-state index is 0.144. The van der Waals surface area contributed by atoms with Gasteiger partial charge in [-0.25, -0.2) is 13.8 Å². The number of nitrogens with zero attached hydrogens (tertiary/aromatic N) is 2. The lowest BCUT2D eigenvalue weighted by Gasteiger charge is -2.12. The van der Waals surface area contributed by atoms with Crippen LogP contribution in [0.25, 0.3) is 11.0 Å². The van der Waals surface area contributed by atoms with Crippen molar-refractivity contribution in [3.05, 3.63) is 29.6 Å². The van der Waals surface area contributed by atoms with Gasteiger partial charge in [0.2, 0.25) is 0 Å². The molecular formula is C15H19ClF2N2O. The second kappa shape index (κ2) is 6.71. The first-order valence-corrected chi connectivity index (χ1v) is 7.41. The van der Waals surface area contributed by atoms with E-state index in [0.29, 0.717) is 37.0 Å². The molecule has 0 saturated carbocycles. The number of alkyl halides is 1. The second-order valence-electron chi connectivity index (χ2n) is 5.44. The Bertz CT molecular complexity index is 626. The van der Waals surface area contributed by atoms with Crippen LogP contribution in [0, 0.1) is 17.6 Å². The molecule has 1 heterocycles. The van der Waals surface area contributed by atoms with Gasteiger partial charge in [0.1, 0.15) is 11.3 Å². The number of hydrogen-bond acceptors (Lipinski definition) is 2. The molecule has 1 aromatic carbocycles. The van der Waals surface area contributed by atoms with Gasteiger partial charge in [-0.05, 0) is 25.0 Å². The molecule has 0 bridgehead atoms. The van der Waals surface area contributed by atoms with Crippen molar-refractivity contribution < 1.29 is 13.5 Å². The first-order valence-electron chi connectivity index (χ1n) is 6.97. The number of benzene rings is 1. The van der Waals surface area contributed by atoms with E-state index in [1.165, 1.54) is 6.07 Å². The number of fused-ring (bicyclic) bond motifs is 1. The first kappa shape index (κ1) is 16.2. The molecule has 0 aliphatic carbocycles. The van der Waals surface area contributed by atoms with Gasteiger partial charge in [0.05, 0.1) is 17.5 Å². The molecule has 0 fully saturated rings. The Kier molecular flexibility index (Phi) is 5.17. The van der Waals surface area contributed by atoms with Gasteiger partial charge in [0.15, 0.2) is 11.6 Å². The Morgan fingerprint density at radius 1 is 1.29 bits per heavy atom. The van der Waals surface area contributed by atoms with Gasteiger partial charge in [-0.3, -0.25) is 0 Å². The van der Waals surface area contributed by atoms with E-state index in [4.69, 9.17) is 16.3 Å². The van der Waals surface area contributed by atoms with Crippen LogP contribution in [-0.4, -0.2) is 22.8 Å². The van der Waals surface area contributed by atoms with Crippen LogP contribution in [0.15, 0.2) is 12.1 Å². The lowest BCUT2D eigenvalue weighted by Crippen LogP contribution is -2.12. The fourth-order valence-corrected chi connectivity index (χ4v) is 2.35. The van der Waals surface area contributed by atoms with E-state index in [2.05, 4.69) is 4.98 Å². The molecule has 21 heavy (non-hydrogen) atoms. The maximum atomic E-state index is 14.1. The Morgan fingerprint density at radius 2 is 2.00 bits per heavy atom. The smallest absolute Gasteiger partial charge is 0.184 e. The number of ether oxygens (including phenoxy) is 1. The van der Waals surface area contributed by atoms with E-state index >= 15 is 0 Å². The summed E-state index contributed by atoms with van der Waals surface area (Å²) < 4.78 is 34.6. The molecule has 2 rings (SSSR count). The molecule has 0 radical (unpaired) electrons. The lowest BCUT2D eigenvalue weighted by molar-refractivity contribution is 0.103. The van der Waals surface area contributed by atoms with Crippen molar-refractivity contribution in [3.8, 4) is 0 Å². The number of rotatable bonds is 6. The zero-order chi connectivity index (χ0) is 15.6. The van der Waals surface area contributed by atoms with Crippen LogP contribution in [0.4, 0.5) is 8.78 Å². The number of aromatic nitrogens is 2. The van der Waals surface area contributed by atoms with Crippen LogP contribution in [0.2, 0.25) is 0 Å². The highest BCUT2D eigenvalue weighted by Gasteiger charge is 2.19. The summed E-state index contributed by atoms with van der Waals surface area (Å²) in [4.78, 5) is 4.30. The molecule has 0 amide bonds. The molecule has 0 N–H and O–H groups in total. The summed E-state index contributed by atoms with van der Waals surface area (Å²) in [5, 5.41) is -0.398. The van der Waals surface area contributed by atoms with Crippen LogP contribution >= 0.6 is 11.6 Å². The van der Waals surface area contributed by atoms with Crippen molar-refractivity contribution in [2.75, 3.05) is 13.2 Å². The topological polar surface area (TPSA) is 27.1 Å². The predicted octanol–water partition coefficient (Wildman–Crippen LogP) is 4.29. The van der Waals surface area contributed by atoms with Crippen LogP contribution in [-0.2, 0) is 11.3 Å². The Balaban J connectivity index is 2.34. The summed E-state index contributed by atoms with van der Waals surface area (Å²) in [5.41, 5.74) is 0.547. The van der Waals surface area contributed by atoms with E-state index in [1.54, 1.807) is 11.5 Å². The lowest BCUT2D eigenvalue weighted by atomic mass is 10.2. The van der Waals surface area contributed by atoms with Crippen LogP contribution in [0.5, 0.6) is 0 Å². The van der Waals surface area contributed by atoms with Crippen molar-refractivity contribution in [1.82, 2.24) is 9.55 Å². The minimum atomic E-state index is -0.896. The average Bonchev–Trinajstić information content (AvgIpc) is 2.78. The molecule has 0 aliphatic heterocycles. The molecule has 116 valence electrons. The van der Waals surface area contributed by atoms with Crippen LogP contribution in [0.1, 0.15) is 32.0 Å². The van der Waals surface area contributed by atoms with E-state index in [0.717, 1.165) is 6.07 Å².